The number of fused-ring (bicyclic) bond motifs is 2. The van der Waals surface area contributed by atoms with E-state index in [0.29, 0.717) is 18.8 Å². The summed E-state index contributed by atoms with van der Waals surface area (Å²) in [5, 5.41) is 1.88. The third-order valence-corrected chi connectivity index (χ3v) is 5.80. The minimum absolute atomic E-state index is 0.0449. The molecule has 0 atom stereocenters. The SMILES string of the molecule is Cc1[nH]c2ccc(Cl)cc2c1CN1CCc2c(nc(-c3ccncc3)[nH]c2=O)C1. The Hall–Kier alpha value is -2.96. The van der Waals surface area contributed by atoms with Gasteiger partial charge in [-0.15, -0.1) is 0 Å². The van der Waals surface area contributed by atoms with E-state index in [-0.39, 0.29) is 5.56 Å². The Bertz CT molecular complexity index is 1260. The molecule has 1 aliphatic rings. The molecule has 0 aliphatic carbocycles. The second-order valence-corrected chi connectivity index (χ2v) is 7.89. The molecule has 6 nitrogen and oxygen atoms in total. The van der Waals surface area contributed by atoms with Crippen LogP contribution in [0.3, 0.4) is 0 Å². The lowest BCUT2D eigenvalue weighted by molar-refractivity contribution is 0.241. The molecule has 2 N–H and O–H groups in total. The number of aromatic nitrogens is 4. The van der Waals surface area contributed by atoms with Crippen LogP contribution in [0.2, 0.25) is 5.02 Å². The van der Waals surface area contributed by atoms with Gasteiger partial charge in [0.2, 0.25) is 0 Å². The molecule has 0 unspecified atom stereocenters. The van der Waals surface area contributed by atoms with Gasteiger partial charge in [-0.1, -0.05) is 11.6 Å². The van der Waals surface area contributed by atoms with Crippen molar-refractivity contribution in [1.82, 2.24) is 24.8 Å². The Morgan fingerprint density at radius 2 is 2.00 bits per heavy atom. The third-order valence-electron chi connectivity index (χ3n) is 5.57. The zero-order valence-electron chi connectivity index (χ0n) is 16.0. The van der Waals surface area contributed by atoms with E-state index in [1.54, 1.807) is 12.4 Å². The zero-order chi connectivity index (χ0) is 20.0. The van der Waals surface area contributed by atoms with Crippen molar-refractivity contribution in [3.05, 3.63) is 80.6 Å². The highest BCUT2D eigenvalue weighted by Gasteiger charge is 2.23. The average molecular weight is 406 g/mol. The van der Waals surface area contributed by atoms with E-state index in [2.05, 4.69) is 26.8 Å². The molecule has 0 amide bonds. The van der Waals surface area contributed by atoms with E-state index < -0.39 is 0 Å². The third kappa shape index (κ3) is 3.34. The fourth-order valence-electron chi connectivity index (χ4n) is 4.06. The van der Waals surface area contributed by atoms with Gasteiger partial charge in [-0.3, -0.25) is 14.7 Å². The molecule has 29 heavy (non-hydrogen) atoms. The molecular formula is C22H20ClN5O. The first-order chi connectivity index (χ1) is 14.1. The lowest BCUT2D eigenvalue weighted by Gasteiger charge is -2.28. The fourth-order valence-corrected chi connectivity index (χ4v) is 4.23. The van der Waals surface area contributed by atoms with E-state index in [1.165, 1.54) is 5.56 Å². The van der Waals surface area contributed by atoms with Crippen LogP contribution in [0.1, 0.15) is 22.5 Å². The van der Waals surface area contributed by atoms with Crippen molar-refractivity contribution in [3.63, 3.8) is 0 Å². The van der Waals surface area contributed by atoms with Crippen molar-refractivity contribution in [3.8, 4) is 11.4 Å². The number of aryl methyl sites for hydroxylation is 1. The van der Waals surface area contributed by atoms with Gasteiger partial charge >= 0.3 is 0 Å². The predicted molar refractivity (Wildman–Crippen MR) is 114 cm³/mol. The summed E-state index contributed by atoms with van der Waals surface area (Å²) in [5.41, 5.74) is 5.93. The van der Waals surface area contributed by atoms with E-state index in [0.717, 1.165) is 51.5 Å². The van der Waals surface area contributed by atoms with E-state index >= 15 is 0 Å². The molecule has 4 heterocycles. The van der Waals surface area contributed by atoms with Gasteiger partial charge in [0.1, 0.15) is 5.82 Å². The first-order valence-corrected chi connectivity index (χ1v) is 9.98. The molecule has 0 fully saturated rings. The molecular weight excluding hydrogens is 386 g/mol. The molecule has 5 rings (SSSR count). The zero-order valence-corrected chi connectivity index (χ0v) is 16.8. The van der Waals surface area contributed by atoms with Crippen LogP contribution in [0.15, 0.2) is 47.5 Å². The van der Waals surface area contributed by atoms with Crippen molar-refractivity contribution >= 4 is 22.5 Å². The molecule has 0 spiro atoms. The maximum Gasteiger partial charge on any atom is 0.254 e. The van der Waals surface area contributed by atoms with Gasteiger partial charge in [-0.25, -0.2) is 4.98 Å². The molecule has 1 aromatic carbocycles. The van der Waals surface area contributed by atoms with Gasteiger partial charge in [0, 0.05) is 64.8 Å². The number of pyridine rings is 1. The second-order valence-electron chi connectivity index (χ2n) is 7.45. The minimum Gasteiger partial charge on any atom is -0.358 e. The standard InChI is InChI=1S/C22H20ClN5O/c1-13-18(17-10-15(23)2-3-19(17)25-13)11-28-9-6-16-20(12-28)26-21(27-22(16)29)14-4-7-24-8-5-14/h2-5,7-8,10,25H,6,9,11-12H2,1H3,(H,26,27,29). The summed E-state index contributed by atoms with van der Waals surface area (Å²) in [6.45, 7) is 4.33. The molecule has 146 valence electrons. The number of hydrogen-bond acceptors (Lipinski definition) is 4. The van der Waals surface area contributed by atoms with Crippen LogP contribution in [0.25, 0.3) is 22.3 Å². The molecule has 4 aromatic rings. The molecule has 3 aromatic heterocycles. The first-order valence-electron chi connectivity index (χ1n) is 9.60. The summed E-state index contributed by atoms with van der Waals surface area (Å²) < 4.78 is 0. The smallest absolute Gasteiger partial charge is 0.254 e. The lowest BCUT2D eigenvalue weighted by atomic mass is 10.0. The summed E-state index contributed by atoms with van der Waals surface area (Å²) in [6.07, 6.45) is 4.09. The maximum atomic E-state index is 12.6. The highest BCUT2D eigenvalue weighted by atomic mass is 35.5. The summed E-state index contributed by atoms with van der Waals surface area (Å²) in [6, 6.07) is 9.63. The van der Waals surface area contributed by atoms with Crippen molar-refractivity contribution < 1.29 is 0 Å². The number of nitrogens with one attached hydrogen (secondary N) is 2. The molecule has 0 radical (unpaired) electrons. The lowest BCUT2D eigenvalue weighted by Crippen LogP contribution is -2.35. The van der Waals surface area contributed by atoms with Crippen LogP contribution in [-0.4, -0.2) is 31.4 Å². The van der Waals surface area contributed by atoms with Crippen molar-refractivity contribution in [2.75, 3.05) is 6.54 Å². The Kier molecular flexibility index (Phi) is 4.45. The molecule has 0 saturated heterocycles. The highest BCUT2D eigenvalue weighted by molar-refractivity contribution is 6.31. The number of benzene rings is 1. The Morgan fingerprint density at radius 1 is 1.17 bits per heavy atom. The van der Waals surface area contributed by atoms with Crippen LogP contribution in [0.4, 0.5) is 0 Å². The van der Waals surface area contributed by atoms with Gasteiger partial charge in [0.15, 0.2) is 0 Å². The fraction of sp³-hybridized carbons (Fsp3) is 0.227. The van der Waals surface area contributed by atoms with Gasteiger partial charge < -0.3 is 9.97 Å². The normalized spacial score (nSPS) is 14.3. The van der Waals surface area contributed by atoms with E-state index in [4.69, 9.17) is 16.6 Å². The van der Waals surface area contributed by atoms with Crippen molar-refractivity contribution in [1.29, 1.82) is 0 Å². The summed E-state index contributed by atoms with van der Waals surface area (Å²) in [4.78, 5) is 30.1. The second kappa shape index (κ2) is 7.13. The quantitative estimate of drug-likeness (QED) is 0.543. The number of nitrogens with zero attached hydrogens (tertiary/aromatic N) is 3. The summed E-state index contributed by atoms with van der Waals surface area (Å²) in [5.74, 6) is 0.591. The topological polar surface area (TPSA) is 77.7 Å². The molecule has 7 heteroatoms. The van der Waals surface area contributed by atoms with Gasteiger partial charge in [-0.2, -0.15) is 0 Å². The molecule has 0 saturated carbocycles. The number of halogens is 1. The number of rotatable bonds is 3. The average Bonchev–Trinajstić information content (AvgIpc) is 3.03. The van der Waals surface area contributed by atoms with E-state index in [9.17, 15) is 4.79 Å². The predicted octanol–water partition coefficient (Wildman–Crippen LogP) is 3.83. The van der Waals surface area contributed by atoms with Crippen LogP contribution in [0.5, 0.6) is 0 Å². The van der Waals surface area contributed by atoms with Crippen molar-refractivity contribution in [2.45, 2.75) is 26.4 Å². The van der Waals surface area contributed by atoms with E-state index in [1.807, 2.05) is 30.3 Å². The van der Waals surface area contributed by atoms with Crippen LogP contribution in [-0.2, 0) is 19.5 Å². The molecule has 1 aliphatic heterocycles. The minimum atomic E-state index is -0.0449. The number of H-pyrrole nitrogens is 2. The highest BCUT2D eigenvalue weighted by Crippen LogP contribution is 2.28. The van der Waals surface area contributed by atoms with Gasteiger partial charge in [0.25, 0.3) is 5.56 Å². The molecule has 0 bridgehead atoms. The largest absolute Gasteiger partial charge is 0.358 e. The Morgan fingerprint density at radius 3 is 2.83 bits per heavy atom. The number of aromatic amines is 2. The Balaban J connectivity index is 1.47. The maximum absolute atomic E-state index is 12.6. The number of hydrogen-bond donors (Lipinski definition) is 2. The Labute approximate surface area is 172 Å². The van der Waals surface area contributed by atoms with Crippen molar-refractivity contribution in [2.24, 2.45) is 0 Å². The van der Waals surface area contributed by atoms with Gasteiger partial charge in [-0.05, 0) is 49.2 Å². The van der Waals surface area contributed by atoms with Crippen LogP contribution in [0, 0.1) is 6.92 Å². The summed E-state index contributed by atoms with van der Waals surface area (Å²) >= 11 is 6.22. The monoisotopic (exact) mass is 405 g/mol. The summed E-state index contributed by atoms with van der Waals surface area (Å²) in [7, 11) is 0. The first kappa shape index (κ1) is 18.1. The van der Waals surface area contributed by atoms with Crippen LogP contribution >= 0.6 is 11.6 Å². The van der Waals surface area contributed by atoms with Crippen LogP contribution < -0.4 is 5.56 Å². The van der Waals surface area contributed by atoms with Gasteiger partial charge in [0.05, 0.1) is 5.69 Å².